The van der Waals surface area contributed by atoms with Gasteiger partial charge >= 0.3 is 0 Å². The first kappa shape index (κ1) is 17.7. The van der Waals surface area contributed by atoms with Crippen molar-refractivity contribution in [3.63, 3.8) is 0 Å². The molecule has 1 aliphatic heterocycles. The number of para-hydroxylation sites is 1. The first-order valence-electron chi connectivity index (χ1n) is 8.36. The minimum absolute atomic E-state index is 0.0111. The normalized spacial score (nSPS) is 16.9. The van der Waals surface area contributed by atoms with Crippen LogP contribution in [0.3, 0.4) is 0 Å². The summed E-state index contributed by atoms with van der Waals surface area (Å²) in [4.78, 5) is 19.6. The number of hydrogen-bond acceptors (Lipinski definition) is 4. The highest BCUT2D eigenvalue weighted by molar-refractivity contribution is 7.22. The molecule has 0 spiro atoms. The topological polar surface area (TPSA) is 42.4 Å². The number of carbonyl (C=O) groups is 1. The maximum Gasteiger partial charge on any atom is 0.261 e. The van der Waals surface area contributed by atoms with Crippen LogP contribution in [0.15, 0.2) is 42.5 Å². The van der Waals surface area contributed by atoms with Crippen LogP contribution in [0.25, 0.3) is 10.2 Å². The molecule has 26 heavy (non-hydrogen) atoms. The van der Waals surface area contributed by atoms with Gasteiger partial charge in [-0.1, -0.05) is 46.7 Å². The fourth-order valence-corrected chi connectivity index (χ4v) is 4.49. The molecule has 1 saturated heterocycles. The van der Waals surface area contributed by atoms with E-state index in [2.05, 4.69) is 4.98 Å². The molecule has 0 saturated carbocycles. The van der Waals surface area contributed by atoms with E-state index >= 15 is 0 Å². The standard InChI is InChI=1S/C19H16Cl2N2O2S/c20-12-7-8-14(15(21)10-12)18(24)23(11-13-4-3-9-25-13)19-22-16-5-1-2-6-17(16)26-19/h1-2,5-8,10,13H,3-4,9,11H2. The summed E-state index contributed by atoms with van der Waals surface area (Å²) in [5, 5.41) is 1.48. The number of ether oxygens (including phenoxy) is 1. The summed E-state index contributed by atoms with van der Waals surface area (Å²) in [6.07, 6.45) is 1.95. The molecule has 1 aliphatic rings. The molecule has 1 unspecified atom stereocenters. The van der Waals surface area contributed by atoms with Gasteiger partial charge in [-0.25, -0.2) is 4.98 Å². The fourth-order valence-electron chi connectivity index (χ4n) is 3.02. The smallest absolute Gasteiger partial charge is 0.261 e. The Labute approximate surface area is 165 Å². The van der Waals surface area contributed by atoms with Crippen LogP contribution >= 0.6 is 34.5 Å². The molecule has 2 heterocycles. The van der Waals surface area contributed by atoms with Crippen molar-refractivity contribution in [3.8, 4) is 0 Å². The lowest BCUT2D eigenvalue weighted by molar-refractivity contribution is 0.0917. The van der Waals surface area contributed by atoms with E-state index in [1.165, 1.54) is 11.3 Å². The van der Waals surface area contributed by atoms with Crippen molar-refractivity contribution in [1.82, 2.24) is 4.98 Å². The van der Waals surface area contributed by atoms with Crippen molar-refractivity contribution in [2.45, 2.75) is 18.9 Å². The van der Waals surface area contributed by atoms with Crippen LogP contribution in [-0.4, -0.2) is 30.1 Å². The Balaban J connectivity index is 1.72. The van der Waals surface area contributed by atoms with E-state index in [0.717, 1.165) is 29.7 Å². The van der Waals surface area contributed by atoms with E-state index in [1.807, 2.05) is 24.3 Å². The van der Waals surface area contributed by atoms with Gasteiger partial charge in [0.1, 0.15) is 0 Å². The van der Waals surface area contributed by atoms with Crippen LogP contribution in [0.4, 0.5) is 5.13 Å². The van der Waals surface area contributed by atoms with Crippen LogP contribution in [0, 0.1) is 0 Å². The molecular formula is C19H16Cl2N2O2S. The fraction of sp³-hybridized carbons (Fsp3) is 0.263. The monoisotopic (exact) mass is 406 g/mol. The lowest BCUT2D eigenvalue weighted by Crippen LogP contribution is -2.37. The zero-order chi connectivity index (χ0) is 18.1. The predicted octanol–water partition coefficient (Wildman–Crippen LogP) is 5.43. The van der Waals surface area contributed by atoms with Gasteiger partial charge in [0.05, 0.1) is 33.5 Å². The molecule has 1 amide bonds. The average molecular weight is 407 g/mol. The molecule has 4 rings (SSSR count). The summed E-state index contributed by atoms with van der Waals surface area (Å²) >= 11 is 13.7. The van der Waals surface area contributed by atoms with Crippen LogP contribution in [0.2, 0.25) is 10.0 Å². The second-order valence-corrected chi connectivity index (χ2v) is 7.99. The van der Waals surface area contributed by atoms with E-state index in [-0.39, 0.29) is 12.0 Å². The molecule has 134 valence electrons. The predicted molar refractivity (Wildman–Crippen MR) is 107 cm³/mol. The number of hydrogen-bond donors (Lipinski definition) is 0. The van der Waals surface area contributed by atoms with Gasteiger partial charge in [-0.3, -0.25) is 9.69 Å². The minimum atomic E-state index is -0.193. The van der Waals surface area contributed by atoms with Gasteiger partial charge in [-0.15, -0.1) is 0 Å². The van der Waals surface area contributed by atoms with E-state index in [0.29, 0.717) is 27.3 Å². The Morgan fingerprint density at radius 2 is 2.12 bits per heavy atom. The van der Waals surface area contributed by atoms with Crippen LogP contribution in [0.1, 0.15) is 23.2 Å². The lowest BCUT2D eigenvalue weighted by Gasteiger charge is -2.23. The van der Waals surface area contributed by atoms with E-state index in [4.69, 9.17) is 27.9 Å². The molecule has 1 atom stereocenters. The number of amides is 1. The minimum Gasteiger partial charge on any atom is -0.376 e. The van der Waals surface area contributed by atoms with Gasteiger partial charge in [-0.05, 0) is 43.2 Å². The number of carbonyl (C=O) groups excluding carboxylic acids is 1. The van der Waals surface area contributed by atoms with Crippen molar-refractivity contribution < 1.29 is 9.53 Å². The highest BCUT2D eigenvalue weighted by Crippen LogP contribution is 2.32. The summed E-state index contributed by atoms with van der Waals surface area (Å²) in [5.41, 5.74) is 1.29. The zero-order valence-electron chi connectivity index (χ0n) is 13.8. The molecule has 1 fully saturated rings. The Morgan fingerprint density at radius 3 is 2.85 bits per heavy atom. The molecule has 0 aliphatic carbocycles. The van der Waals surface area contributed by atoms with Crippen LogP contribution in [0.5, 0.6) is 0 Å². The van der Waals surface area contributed by atoms with Crippen LogP contribution < -0.4 is 4.90 Å². The Hall–Kier alpha value is -1.66. The third kappa shape index (κ3) is 3.58. The quantitative estimate of drug-likeness (QED) is 0.579. The molecule has 7 heteroatoms. The molecule has 0 radical (unpaired) electrons. The lowest BCUT2D eigenvalue weighted by atomic mass is 10.1. The highest BCUT2D eigenvalue weighted by Gasteiger charge is 2.28. The van der Waals surface area contributed by atoms with Gasteiger partial charge in [0.2, 0.25) is 0 Å². The molecule has 0 bridgehead atoms. The number of nitrogens with zero attached hydrogens (tertiary/aromatic N) is 2. The van der Waals surface area contributed by atoms with Gasteiger partial charge in [-0.2, -0.15) is 0 Å². The molecule has 3 aromatic rings. The van der Waals surface area contributed by atoms with Crippen molar-refractivity contribution in [1.29, 1.82) is 0 Å². The third-order valence-electron chi connectivity index (χ3n) is 4.33. The summed E-state index contributed by atoms with van der Waals surface area (Å²) in [5.74, 6) is -0.193. The molecule has 4 nitrogen and oxygen atoms in total. The summed E-state index contributed by atoms with van der Waals surface area (Å²) < 4.78 is 6.78. The summed E-state index contributed by atoms with van der Waals surface area (Å²) in [7, 11) is 0. The Bertz CT molecular complexity index is 921. The zero-order valence-corrected chi connectivity index (χ0v) is 16.2. The second kappa shape index (κ2) is 7.53. The second-order valence-electron chi connectivity index (χ2n) is 6.14. The molecular weight excluding hydrogens is 391 g/mol. The van der Waals surface area contributed by atoms with E-state index < -0.39 is 0 Å². The highest BCUT2D eigenvalue weighted by atomic mass is 35.5. The Kier molecular flexibility index (Phi) is 5.14. The number of anilines is 1. The first-order valence-corrected chi connectivity index (χ1v) is 9.93. The maximum atomic E-state index is 13.3. The van der Waals surface area contributed by atoms with Gasteiger partial charge in [0, 0.05) is 11.6 Å². The number of halogens is 2. The largest absolute Gasteiger partial charge is 0.376 e. The number of benzene rings is 2. The molecule has 0 N–H and O–H groups in total. The number of thiazole rings is 1. The SMILES string of the molecule is O=C(c1ccc(Cl)cc1Cl)N(CC1CCCO1)c1nc2ccccc2s1. The van der Waals surface area contributed by atoms with Crippen molar-refractivity contribution in [3.05, 3.63) is 58.1 Å². The number of fused-ring (bicyclic) bond motifs is 1. The van der Waals surface area contributed by atoms with Crippen molar-refractivity contribution in [2.24, 2.45) is 0 Å². The van der Waals surface area contributed by atoms with Gasteiger partial charge < -0.3 is 4.74 Å². The third-order valence-corrected chi connectivity index (χ3v) is 5.94. The summed E-state index contributed by atoms with van der Waals surface area (Å²) in [6.45, 7) is 1.19. The molecule has 1 aromatic heterocycles. The van der Waals surface area contributed by atoms with E-state index in [1.54, 1.807) is 23.1 Å². The van der Waals surface area contributed by atoms with E-state index in [9.17, 15) is 4.79 Å². The van der Waals surface area contributed by atoms with Crippen LogP contribution in [-0.2, 0) is 4.74 Å². The number of rotatable bonds is 4. The maximum absolute atomic E-state index is 13.3. The number of aromatic nitrogens is 1. The average Bonchev–Trinajstić information content (AvgIpc) is 3.28. The first-order chi connectivity index (χ1) is 12.6. The Morgan fingerprint density at radius 1 is 1.27 bits per heavy atom. The molecule has 2 aromatic carbocycles. The summed E-state index contributed by atoms with van der Waals surface area (Å²) in [6, 6.07) is 12.8. The van der Waals surface area contributed by atoms with Crippen molar-refractivity contribution in [2.75, 3.05) is 18.1 Å². The van der Waals surface area contributed by atoms with Crippen molar-refractivity contribution >= 4 is 55.8 Å². The van der Waals surface area contributed by atoms with Gasteiger partial charge in [0.15, 0.2) is 5.13 Å². The van der Waals surface area contributed by atoms with Gasteiger partial charge in [0.25, 0.3) is 5.91 Å².